The molecule has 6 heteroatoms. The van der Waals surface area contributed by atoms with Crippen LogP contribution in [0.5, 0.6) is 0 Å². The van der Waals surface area contributed by atoms with E-state index in [0.717, 1.165) is 38.9 Å². The molecule has 102 valence electrons. The number of rotatable bonds is 3. The maximum absolute atomic E-state index is 12.2. The highest BCUT2D eigenvalue weighted by molar-refractivity contribution is 5.85. The van der Waals surface area contributed by atoms with E-state index in [1.807, 2.05) is 4.90 Å². The van der Waals surface area contributed by atoms with Gasteiger partial charge in [0.1, 0.15) is 6.04 Å². The number of amides is 1. The molecule has 3 N–H and O–H groups in total. The van der Waals surface area contributed by atoms with E-state index >= 15 is 0 Å². The van der Waals surface area contributed by atoms with Gasteiger partial charge in [0.15, 0.2) is 0 Å². The predicted octanol–water partition coefficient (Wildman–Crippen LogP) is -0.515. The van der Waals surface area contributed by atoms with Crippen molar-refractivity contribution in [3.05, 3.63) is 0 Å². The molecule has 2 rings (SSSR count). The fraction of sp³-hybridized carbons (Fsp3) is 0.833. The van der Waals surface area contributed by atoms with E-state index in [-0.39, 0.29) is 17.9 Å². The molecule has 1 amide bonds. The van der Waals surface area contributed by atoms with E-state index in [0.29, 0.717) is 0 Å². The van der Waals surface area contributed by atoms with Crippen LogP contribution in [0.3, 0.4) is 0 Å². The first-order chi connectivity index (χ1) is 8.44. The van der Waals surface area contributed by atoms with E-state index in [9.17, 15) is 9.59 Å². The number of hydrogen-bond donors (Lipinski definition) is 2. The summed E-state index contributed by atoms with van der Waals surface area (Å²) >= 11 is 0. The molecular formula is C12H21N3O3. The number of carboxylic acid groups (broad SMARTS) is 1. The van der Waals surface area contributed by atoms with Crippen molar-refractivity contribution >= 4 is 11.9 Å². The van der Waals surface area contributed by atoms with Crippen molar-refractivity contribution in [3.63, 3.8) is 0 Å². The third-order valence-electron chi connectivity index (χ3n) is 4.13. The maximum Gasteiger partial charge on any atom is 0.321 e. The molecule has 0 aromatic rings. The second kappa shape index (κ2) is 4.85. The molecule has 2 aliphatic rings. The minimum atomic E-state index is -1.11. The average molecular weight is 255 g/mol. The van der Waals surface area contributed by atoms with Gasteiger partial charge in [0.25, 0.3) is 0 Å². The molecule has 2 unspecified atom stereocenters. The Morgan fingerprint density at radius 2 is 2.11 bits per heavy atom. The number of hydrogen-bond acceptors (Lipinski definition) is 4. The zero-order valence-electron chi connectivity index (χ0n) is 10.8. The molecule has 6 nitrogen and oxygen atoms in total. The molecule has 1 spiro atoms. The first-order valence-corrected chi connectivity index (χ1v) is 6.42. The summed E-state index contributed by atoms with van der Waals surface area (Å²) in [6.07, 6.45) is 2.91. The van der Waals surface area contributed by atoms with Crippen LogP contribution in [0.15, 0.2) is 0 Å². The van der Waals surface area contributed by atoms with Gasteiger partial charge in [-0.1, -0.05) is 0 Å². The van der Waals surface area contributed by atoms with Crippen molar-refractivity contribution in [3.8, 4) is 0 Å². The molecule has 0 aromatic heterocycles. The molecule has 2 fully saturated rings. The largest absolute Gasteiger partial charge is 0.480 e. The molecule has 18 heavy (non-hydrogen) atoms. The van der Waals surface area contributed by atoms with Crippen LogP contribution >= 0.6 is 0 Å². The number of likely N-dealkylation sites (tertiary alicyclic amines) is 2. The van der Waals surface area contributed by atoms with Gasteiger partial charge in [0.05, 0.1) is 12.0 Å². The Bertz CT molecular complexity index is 360. The molecule has 2 saturated heterocycles. The lowest BCUT2D eigenvalue weighted by molar-refractivity contribution is -0.143. The number of aliphatic carboxylic acids is 1. The number of carbonyl (C=O) groups excluding carboxylic acids is 1. The lowest BCUT2D eigenvalue weighted by Crippen LogP contribution is -2.50. The van der Waals surface area contributed by atoms with Crippen LogP contribution in [0, 0.1) is 0 Å². The smallest absolute Gasteiger partial charge is 0.321 e. The van der Waals surface area contributed by atoms with Crippen LogP contribution < -0.4 is 5.73 Å². The SMILES string of the molecule is CN1CCC2(CCCN2C(=O)CC(N)C(=O)O)C1. The Labute approximate surface area is 107 Å². The second-order valence-electron chi connectivity index (χ2n) is 5.51. The Hall–Kier alpha value is -1.14. The number of carbonyl (C=O) groups is 2. The first kappa shape index (κ1) is 13.3. The van der Waals surface area contributed by atoms with Gasteiger partial charge in [-0.15, -0.1) is 0 Å². The van der Waals surface area contributed by atoms with E-state index in [1.54, 1.807) is 0 Å². The van der Waals surface area contributed by atoms with Crippen LogP contribution in [0.1, 0.15) is 25.7 Å². The zero-order valence-corrected chi connectivity index (χ0v) is 10.8. The minimum Gasteiger partial charge on any atom is -0.480 e. The van der Waals surface area contributed by atoms with Gasteiger partial charge < -0.3 is 20.6 Å². The van der Waals surface area contributed by atoms with Crippen LogP contribution in [0.2, 0.25) is 0 Å². The van der Waals surface area contributed by atoms with Gasteiger partial charge >= 0.3 is 5.97 Å². The molecule has 2 atom stereocenters. The van der Waals surface area contributed by atoms with Crippen molar-refractivity contribution in [2.75, 3.05) is 26.7 Å². The van der Waals surface area contributed by atoms with E-state index in [1.165, 1.54) is 0 Å². The quantitative estimate of drug-likeness (QED) is 0.709. The Morgan fingerprint density at radius 3 is 2.67 bits per heavy atom. The van der Waals surface area contributed by atoms with E-state index in [4.69, 9.17) is 10.8 Å². The fourth-order valence-corrected chi connectivity index (χ4v) is 3.20. The molecule has 0 radical (unpaired) electrons. The van der Waals surface area contributed by atoms with Crippen LogP contribution in [-0.2, 0) is 9.59 Å². The normalized spacial score (nSPS) is 30.0. The molecule has 0 aliphatic carbocycles. The summed E-state index contributed by atoms with van der Waals surface area (Å²) < 4.78 is 0. The predicted molar refractivity (Wildman–Crippen MR) is 66.0 cm³/mol. The van der Waals surface area contributed by atoms with Crippen molar-refractivity contribution < 1.29 is 14.7 Å². The van der Waals surface area contributed by atoms with Gasteiger partial charge in [0.2, 0.25) is 5.91 Å². The van der Waals surface area contributed by atoms with Gasteiger partial charge in [-0.25, -0.2) is 0 Å². The molecular weight excluding hydrogens is 234 g/mol. The third-order valence-corrected chi connectivity index (χ3v) is 4.13. The molecule has 0 saturated carbocycles. The van der Waals surface area contributed by atoms with Crippen molar-refractivity contribution in [2.45, 2.75) is 37.3 Å². The zero-order chi connectivity index (χ0) is 13.3. The number of likely N-dealkylation sites (N-methyl/N-ethyl adjacent to an activating group) is 1. The Kier molecular flexibility index (Phi) is 3.59. The monoisotopic (exact) mass is 255 g/mol. The summed E-state index contributed by atoms with van der Waals surface area (Å²) in [5, 5.41) is 8.77. The topological polar surface area (TPSA) is 86.9 Å². The number of nitrogens with zero attached hydrogens (tertiary/aromatic N) is 2. The summed E-state index contributed by atoms with van der Waals surface area (Å²) in [5.74, 6) is -1.22. The van der Waals surface area contributed by atoms with E-state index in [2.05, 4.69) is 11.9 Å². The highest BCUT2D eigenvalue weighted by Crippen LogP contribution is 2.37. The highest BCUT2D eigenvalue weighted by Gasteiger charge is 2.47. The number of carboxylic acids is 1. The lowest BCUT2D eigenvalue weighted by atomic mass is 9.94. The molecule has 2 heterocycles. The first-order valence-electron chi connectivity index (χ1n) is 6.42. The summed E-state index contributed by atoms with van der Waals surface area (Å²) in [6, 6.07) is -1.09. The lowest BCUT2D eigenvalue weighted by Gasteiger charge is -2.35. The number of nitrogens with two attached hydrogens (primary N) is 1. The summed E-state index contributed by atoms with van der Waals surface area (Å²) in [6.45, 7) is 2.62. The van der Waals surface area contributed by atoms with Crippen LogP contribution in [0.25, 0.3) is 0 Å². The second-order valence-corrected chi connectivity index (χ2v) is 5.51. The Balaban J connectivity index is 2.03. The van der Waals surface area contributed by atoms with Crippen molar-refractivity contribution in [1.82, 2.24) is 9.80 Å². The molecule has 0 bridgehead atoms. The van der Waals surface area contributed by atoms with Crippen molar-refractivity contribution in [2.24, 2.45) is 5.73 Å². The molecule has 2 aliphatic heterocycles. The van der Waals surface area contributed by atoms with Crippen molar-refractivity contribution in [1.29, 1.82) is 0 Å². The average Bonchev–Trinajstić information content (AvgIpc) is 2.86. The maximum atomic E-state index is 12.2. The standard InChI is InChI=1S/C12H21N3O3/c1-14-6-4-12(8-14)3-2-5-15(12)10(16)7-9(13)11(17)18/h9H,2-8,13H2,1H3,(H,17,18). The third kappa shape index (κ3) is 2.35. The summed E-state index contributed by atoms with van der Waals surface area (Å²) in [5.41, 5.74) is 5.38. The molecule has 0 aromatic carbocycles. The van der Waals surface area contributed by atoms with Crippen LogP contribution in [-0.4, -0.2) is 65.0 Å². The summed E-state index contributed by atoms with van der Waals surface area (Å²) in [7, 11) is 2.05. The van der Waals surface area contributed by atoms with Gasteiger partial charge in [0, 0.05) is 19.6 Å². The van der Waals surface area contributed by atoms with Gasteiger partial charge in [-0.2, -0.15) is 0 Å². The van der Waals surface area contributed by atoms with E-state index < -0.39 is 12.0 Å². The summed E-state index contributed by atoms with van der Waals surface area (Å²) in [4.78, 5) is 27.0. The highest BCUT2D eigenvalue weighted by atomic mass is 16.4. The van der Waals surface area contributed by atoms with Gasteiger partial charge in [-0.3, -0.25) is 9.59 Å². The van der Waals surface area contributed by atoms with Gasteiger partial charge in [-0.05, 0) is 26.3 Å². The Morgan fingerprint density at radius 1 is 1.39 bits per heavy atom. The minimum absolute atomic E-state index is 0.0654. The van der Waals surface area contributed by atoms with Crippen LogP contribution in [0.4, 0.5) is 0 Å². The fourth-order valence-electron chi connectivity index (χ4n) is 3.20.